The Morgan fingerprint density at radius 3 is 1.18 bits per heavy atom. The van der Waals surface area contributed by atoms with Crippen molar-refractivity contribution in [2.24, 2.45) is 0 Å². The Bertz CT molecular complexity index is 1130. The molecule has 0 aliphatic rings. The normalized spacial score (nSPS) is 10.2. The summed E-state index contributed by atoms with van der Waals surface area (Å²) in [5, 5.41) is 24.1. The van der Waals surface area contributed by atoms with Gasteiger partial charge in [0.15, 0.2) is 0 Å². The summed E-state index contributed by atoms with van der Waals surface area (Å²) < 4.78 is 0. The van der Waals surface area contributed by atoms with Crippen LogP contribution in [0.25, 0.3) is 0 Å². The zero-order chi connectivity index (χ0) is 28.6. The topological polar surface area (TPSA) is 52.5 Å². The summed E-state index contributed by atoms with van der Waals surface area (Å²) in [6, 6.07) is 31.7. The van der Waals surface area contributed by atoms with Crippen LogP contribution in [0, 0.1) is 13.8 Å². The van der Waals surface area contributed by atoms with E-state index < -0.39 is 0 Å². The summed E-state index contributed by atoms with van der Waals surface area (Å²) in [4.78, 5) is 0. The molecule has 40 heavy (non-hydrogen) atoms. The molecule has 3 N–H and O–H groups in total. The number of phenolic OH excluding ortho intramolecular Hbond substituents is 2. The van der Waals surface area contributed by atoms with Gasteiger partial charge in [-0.15, -0.1) is 24.3 Å². The van der Waals surface area contributed by atoms with Crippen LogP contribution in [-0.4, -0.2) is 23.3 Å². The second kappa shape index (κ2) is 19.2. The minimum Gasteiger partial charge on any atom is -0.507 e. The largest absolute Gasteiger partial charge is 0.507 e. The number of nitrogens with one attached hydrogen (secondary N) is 1. The van der Waals surface area contributed by atoms with Crippen LogP contribution < -0.4 is 5.32 Å². The number of rotatable bonds is 8. The van der Waals surface area contributed by atoms with Gasteiger partial charge < -0.3 is 15.5 Å². The quantitative estimate of drug-likeness (QED) is 0.0982. The van der Waals surface area contributed by atoms with E-state index in [1.807, 2.05) is 97.1 Å². The van der Waals surface area contributed by atoms with Crippen LogP contribution in [0.4, 0.5) is 0 Å². The molecule has 212 valence electrons. The zero-order valence-corrected chi connectivity index (χ0v) is 28.1. The van der Waals surface area contributed by atoms with E-state index in [9.17, 15) is 10.2 Å². The van der Waals surface area contributed by atoms with Crippen molar-refractivity contribution in [2.45, 2.75) is 52.4 Å². The first-order valence-electron chi connectivity index (χ1n) is 13.8. The van der Waals surface area contributed by atoms with Crippen molar-refractivity contribution in [2.75, 3.05) is 13.1 Å². The third kappa shape index (κ3) is 12.5. The van der Waals surface area contributed by atoms with Crippen LogP contribution in [0.3, 0.4) is 0 Å². The number of hydrogen-bond donors (Lipinski definition) is 3. The summed E-state index contributed by atoms with van der Waals surface area (Å²) in [7, 11) is 0. The number of para-hydroxylation sites is 2. The average Bonchev–Trinajstić information content (AvgIpc) is 2.91. The van der Waals surface area contributed by atoms with E-state index in [1.54, 1.807) is 0 Å². The third-order valence-corrected chi connectivity index (χ3v) is 6.37. The Labute approximate surface area is 261 Å². The maximum absolute atomic E-state index is 10.4. The monoisotopic (exact) mass is 703 g/mol. The molecule has 4 rings (SSSR count). The summed E-state index contributed by atoms with van der Waals surface area (Å²) in [5.74, 6) is 1.51. The molecule has 0 amide bonds. The molecule has 0 heterocycles. The Balaban J connectivity index is 0.000000432. The first-order chi connectivity index (χ1) is 18.7. The molecule has 0 bridgehead atoms. The fourth-order valence-corrected chi connectivity index (χ4v) is 4.08. The van der Waals surface area contributed by atoms with Crippen LogP contribution in [0.1, 0.15) is 72.9 Å². The van der Waals surface area contributed by atoms with Crippen molar-refractivity contribution in [3.63, 3.8) is 0 Å². The number of hydrogen-bond acceptors (Lipinski definition) is 3. The smallest absolute Gasteiger partial charge is 0.122 e. The van der Waals surface area contributed by atoms with Crippen molar-refractivity contribution in [1.82, 2.24) is 5.32 Å². The number of benzene rings is 4. The Hall–Kier alpha value is -2.95. The second-order valence-corrected chi connectivity index (χ2v) is 10.2. The van der Waals surface area contributed by atoms with E-state index in [1.165, 1.54) is 0 Å². The predicted molar refractivity (Wildman–Crippen MR) is 166 cm³/mol. The summed E-state index contributed by atoms with van der Waals surface area (Å²) in [6.45, 7) is 17.4. The molecule has 0 aliphatic carbocycles. The van der Waals surface area contributed by atoms with Gasteiger partial charge >= 0.3 is 0 Å². The van der Waals surface area contributed by atoms with E-state index >= 15 is 0 Å². The van der Waals surface area contributed by atoms with Crippen molar-refractivity contribution >= 4 is 0 Å². The molecule has 0 fully saturated rings. The summed E-state index contributed by atoms with van der Waals surface area (Å²) in [6.07, 6.45) is 1.59. The van der Waals surface area contributed by atoms with Crippen LogP contribution >= 0.6 is 0 Å². The van der Waals surface area contributed by atoms with Crippen LogP contribution in [0.5, 0.6) is 11.5 Å². The molecule has 0 aromatic heterocycles. The van der Waals surface area contributed by atoms with Gasteiger partial charge in [-0.05, 0) is 60.0 Å². The van der Waals surface area contributed by atoms with E-state index in [0.29, 0.717) is 23.3 Å². The Morgan fingerprint density at radius 2 is 0.900 bits per heavy atom. The van der Waals surface area contributed by atoms with Gasteiger partial charge in [0.25, 0.3) is 0 Å². The molecular weight excluding hydrogens is 657 g/mol. The molecule has 0 aliphatic heterocycles. The number of aromatic hydroxyl groups is 2. The van der Waals surface area contributed by atoms with Crippen molar-refractivity contribution in [3.8, 4) is 11.5 Å². The minimum absolute atomic E-state index is 0. The Morgan fingerprint density at radius 1 is 0.550 bits per heavy atom. The zero-order valence-electron chi connectivity index (χ0n) is 24.5. The molecule has 0 unspecified atom stereocenters. The Kier molecular flexibility index (Phi) is 16.8. The number of phenols is 2. The van der Waals surface area contributed by atoms with Crippen molar-refractivity contribution < 1.29 is 36.1 Å². The SMILES string of the molecule is CC(C)c1cccc(CCNCCc2cccc(C(C)C)c2O)c1O.[CH2-]c1ccccc1.[CH2-]c1ccccc1.[Hf]. The first kappa shape index (κ1) is 35.1. The van der Waals surface area contributed by atoms with Crippen LogP contribution in [-0.2, 0) is 38.7 Å². The van der Waals surface area contributed by atoms with Gasteiger partial charge in [-0.1, -0.05) is 76.2 Å². The minimum atomic E-state index is 0. The van der Waals surface area contributed by atoms with Gasteiger partial charge in [-0.2, -0.15) is 49.2 Å². The van der Waals surface area contributed by atoms with E-state index in [0.717, 1.165) is 59.3 Å². The van der Waals surface area contributed by atoms with Gasteiger partial charge in [0.05, 0.1) is 0 Å². The second-order valence-electron chi connectivity index (χ2n) is 10.2. The molecule has 3 nitrogen and oxygen atoms in total. The molecule has 4 aromatic rings. The molecular formula is C36H45HfNO2-2. The van der Waals surface area contributed by atoms with Gasteiger partial charge in [-0.25, -0.2) is 0 Å². The standard InChI is InChI=1S/C22H31NO2.2C7H7.Hf/c1-15(2)19-9-5-7-17(21(19)24)11-13-23-14-12-18-8-6-10-20(16(3)4)22(18)25;2*1-7-5-3-2-4-6-7;/h5-10,15-16,23-25H,11-14H2,1-4H3;2*2-6H,1H2;/q;2*-1;. The molecule has 4 aromatic carbocycles. The predicted octanol–water partition coefficient (Wildman–Crippen LogP) is 8.45. The maximum Gasteiger partial charge on any atom is 0.122 e. The third-order valence-electron chi connectivity index (χ3n) is 6.37. The van der Waals surface area contributed by atoms with Gasteiger partial charge in [0.1, 0.15) is 11.5 Å². The van der Waals surface area contributed by atoms with Crippen LogP contribution in [0.2, 0.25) is 0 Å². The fraction of sp³-hybridized carbons (Fsp3) is 0.278. The molecule has 0 saturated carbocycles. The average molecular weight is 702 g/mol. The molecule has 0 atom stereocenters. The summed E-state index contributed by atoms with van der Waals surface area (Å²) >= 11 is 0. The van der Waals surface area contributed by atoms with Gasteiger partial charge in [0.2, 0.25) is 0 Å². The van der Waals surface area contributed by atoms with E-state index in [2.05, 4.69) is 46.9 Å². The van der Waals surface area contributed by atoms with Gasteiger partial charge in [-0.3, -0.25) is 0 Å². The van der Waals surface area contributed by atoms with Crippen molar-refractivity contribution in [1.29, 1.82) is 0 Å². The first-order valence-corrected chi connectivity index (χ1v) is 13.8. The van der Waals surface area contributed by atoms with E-state index in [4.69, 9.17) is 0 Å². The molecule has 0 spiro atoms. The molecule has 0 saturated heterocycles. The molecule has 4 heteroatoms. The molecule has 0 radical (unpaired) electrons. The van der Waals surface area contributed by atoms with Crippen LogP contribution in [0.15, 0.2) is 97.1 Å². The van der Waals surface area contributed by atoms with Gasteiger partial charge in [0, 0.05) is 25.8 Å². The fourth-order valence-electron chi connectivity index (χ4n) is 4.08. The summed E-state index contributed by atoms with van der Waals surface area (Å²) in [5.41, 5.74) is 6.14. The maximum atomic E-state index is 10.4. The van der Waals surface area contributed by atoms with E-state index in [-0.39, 0.29) is 25.8 Å². The van der Waals surface area contributed by atoms with Crippen molar-refractivity contribution in [3.05, 3.63) is 144 Å².